The molecule has 1 aromatic carbocycles. The van der Waals surface area contributed by atoms with Crippen molar-refractivity contribution in [2.24, 2.45) is 17.6 Å². The molecule has 1 aromatic rings. The number of carbonyl (C=O) groups is 4. The molecular weight excluding hydrogens is 534 g/mol. The lowest BCUT2D eigenvalue weighted by molar-refractivity contribution is -0.159. The van der Waals surface area contributed by atoms with Crippen molar-refractivity contribution < 1.29 is 47.6 Å². The van der Waals surface area contributed by atoms with E-state index in [4.69, 9.17) is 34.2 Å². The Kier molecular flexibility index (Phi) is 15.8. The predicted molar refractivity (Wildman–Crippen MR) is 152 cm³/mol. The smallest absolute Gasteiger partial charge is 0.462 e. The first-order chi connectivity index (χ1) is 19.2. The zero-order chi connectivity index (χ0) is 31.1. The number of hydrogen-bond acceptors (Lipinski definition) is 11. The van der Waals surface area contributed by atoms with E-state index >= 15 is 0 Å². The van der Waals surface area contributed by atoms with Crippen LogP contribution in [0.5, 0.6) is 11.5 Å². The zero-order valence-electron chi connectivity index (χ0n) is 25.6. The summed E-state index contributed by atoms with van der Waals surface area (Å²) in [6, 6.07) is 3.33. The molecule has 232 valence electrons. The van der Waals surface area contributed by atoms with Gasteiger partial charge in [-0.05, 0) is 63.1 Å². The van der Waals surface area contributed by atoms with Gasteiger partial charge in [-0.2, -0.15) is 0 Å². The SMILES string of the molecule is CCCCCC(=O)OC[C@H](C)OC(=O)[C@@H](N)Cc1ccc(OC(=O)OC(C)C(C)C)c(OC(=O)OC(C)C(C)C)c1. The maximum absolute atomic E-state index is 12.6. The summed E-state index contributed by atoms with van der Waals surface area (Å²) in [7, 11) is 0. The van der Waals surface area contributed by atoms with Gasteiger partial charge in [0.2, 0.25) is 0 Å². The summed E-state index contributed by atoms with van der Waals surface area (Å²) in [4.78, 5) is 49.1. The van der Waals surface area contributed by atoms with Crippen LogP contribution in [-0.2, 0) is 35.0 Å². The summed E-state index contributed by atoms with van der Waals surface area (Å²) in [6.45, 7) is 14.6. The second-order valence-electron chi connectivity index (χ2n) is 10.8. The molecule has 1 rings (SSSR count). The fourth-order valence-corrected chi connectivity index (χ4v) is 3.11. The number of benzene rings is 1. The van der Waals surface area contributed by atoms with Gasteiger partial charge in [0.1, 0.15) is 31.0 Å². The van der Waals surface area contributed by atoms with Crippen LogP contribution in [0.3, 0.4) is 0 Å². The van der Waals surface area contributed by atoms with Gasteiger partial charge in [-0.15, -0.1) is 0 Å². The molecule has 0 spiro atoms. The highest BCUT2D eigenvalue weighted by Gasteiger charge is 2.23. The lowest BCUT2D eigenvalue weighted by atomic mass is 10.1. The highest BCUT2D eigenvalue weighted by Crippen LogP contribution is 2.30. The van der Waals surface area contributed by atoms with E-state index in [9.17, 15) is 19.2 Å². The molecule has 0 aliphatic carbocycles. The first-order valence-electron chi connectivity index (χ1n) is 14.2. The quantitative estimate of drug-likeness (QED) is 0.110. The molecule has 0 saturated carbocycles. The summed E-state index contributed by atoms with van der Waals surface area (Å²) in [5.41, 5.74) is 6.57. The molecule has 11 heteroatoms. The molecule has 0 aliphatic heterocycles. The minimum absolute atomic E-state index is 0.0191. The Labute approximate surface area is 243 Å². The van der Waals surface area contributed by atoms with Crippen molar-refractivity contribution in [2.75, 3.05) is 6.61 Å². The highest BCUT2D eigenvalue weighted by molar-refractivity contribution is 5.76. The number of hydrogen-bond donors (Lipinski definition) is 1. The molecule has 0 radical (unpaired) electrons. The van der Waals surface area contributed by atoms with Crippen LogP contribution in [0.25, 0.3) is 0 Å². The number of esters is 2. The molecule has 11 nitrogen and oxygen atoms in total. The molecule has 41 heavy (non-hydrogen) atoms. The molecule has 0 fully saturated rings. The molecule has 0 saturated heterocycles. The first kappa shape index (κ1) is 35.7. The Morgan fingerprint density at radius 3 is 1.88 bits per heavy atom. The van der Waals surface area contributed by atoms with E-state index < -0.39 is 42.6 Å². The number of unbranched alkanes of at least 4 members (excludes halogenated alkanes) is 2. The molecule has 4 atom stereocenters. The van der Waals surface area contributed by atoms with E-state index in [1.807, 2.05) is 34.6 Å². The Morgan fingerprint density at radius 2 is 1.34 bits per heavy atom. The Morgan fingerprint density at radius 1 is 0.780 bits per heavy atom. The third-order valence-electron chi connectivity index (χ3n) is 6.38. The second-order valence-corrected chi connectivity index (χ2v) is 10.8. The van der Waals surface area contributed by atoms with Crippen LogP contribution < -0.4 is 15.2 Å². The molecular formula is C30H47NO10. The number of ether oxygens (including phenoxy) is 6. The Hall–Kier alpha value is -3.34. The standard InChI is InChI=1S/C30H47NO10/c1-9-10-11-12-27(32)36-17-20(6)37-28(33)24(31)15-23-13-14-25(40-29(34)38-21(7)18(2)3)26(16-23)41-30(35)39-22(8)19(4)5/h13-14,16,18-22,24H,9-12,15,17,31H2,1-8H3/t20-,21?,22?,24-/m0/s1. The van der Waals surface area contributed by atoms with Gasteiger partial charge < -0.3 is 34.2 Å². The van der Waals surface area contributed by atoms with Crippen LogP contribution in [0.1, 0.15) is 86.6 Å². The van der Waals surface area contributed by atoms with Gasteiger partial charge in [-0.25, -0.2) is 9.59 Å². The highest BCUT2D eigenvalue weighted by atomic mass is 16.8. The molecule has 0 aromatic heterocycles. The van der Waals surface area contributed by atoms with E-state index in [1.54, 1.807) is 26.8 Å². The van der Waals surface area contributed by atoms with Gasteiger partial charge in [0.15, 0.2) is 11.5 Å². The van der Waals surface area contributed by atoms with Crippen LogP contribution in [0.4, 0.5) is 9.59 Å². The molecule has 0 heterocycles. The van der Waals surface area contributed by atoms with E-state index in [-0.39, 0.29) is 42.3 Å². The van der Waals surface area contributed by atoms with Crippen molar-refractivity contribution in [3.63, 3.8) is 0 Å². The van der Waals surface area contributed by atoms with E-state index in [0.717, 1.165) is 19.3 Å². The monoisotopic (exact) mass is 581 g/mol. The normalized spacial score (nSPS) is 14.0. The average molecular weight is 582 g/mol. The van der Waals surface area contributed by atoms with E-state index in [0.29, 0.717) is 12.0 Å². The van der Waals surface area contributed by atoms with Gasteiger partial charge in [0, 0.05) is 6.42 Å². The van der Waals surface area contributed by atoms with Crippen molar-refractivity contribution in [3.05, 3.63) is 23.8 Å². The van der Waals surface area contributed by atoms with Gasteiger partial charge in [0.05, 0.1) is 0 Å². The van der Waals surface area contributed by atoms with Gasteiger partial charge in [-0.3, -0.25) is 9.59 Å². The fraction of sp³-hybridized carbons (Fsp3) is 0.667. The van der Waals surface area contributed by atoms with Crippen LogP contribution in [0.15, 0.2) is 18.2 Å². The predicted octanol–water partition coefficient (Wildman–Crippen LogP) is 5.73. The number of nitrogens with two attached hydrogens (primary N) is 1. The van der Waals surface area contributed by atoms with Crippen molar-refractivity contribution in [1.82, 2.24) is 0 Å². The Bertz CT molecular complexity index is 993. The molecule has 2 N–H and O–H groups in total. The lowest BCUT2D eigenvalue weighted by Crippen LogP contribution is -2.37. The molecule has 2 unspecified atom stereocenters. The molecule has 0 bridgehead atoms. The maximum Gasteiger partial charge on any atom is 0.514 e. The lowest BCUT2D eigenvalue weighted by Gasteiger charge is -2.19. The van der Waals surface area contributed by atoms with Gasteiger partial charge in [-0.1, -0.05) is 53.5 Å². The number of carbonyl (C=O) groups excluding carboxylic acids is 4. The van der Waals surface area contributed by atoms with Crippen molar-refractivity contribution in [1.29, 1.82) is 0 Å². The summed E-state index contributed by atoms with van der Waals surface area (Å²) in [6.07, 6.45) is -0.450. The van der Waals surface area contributed by atoms with Crippen LogP contribution in [0, 0.1) is 11.8 Å². The summed E-state index contributed by atoms with van der Waals surface area (Å²) in [5.74, 6) is -1.11. The average Bonchev–Trinajstić information content (AvgIpc) is 2.88. The Balaban J connectivity index is 2.90. The summed E-state index contributed by atoms with van der Waals surface area (Å²) < 4.78 is 31.7. The summed E-state index contributed by atoms with van der Waals surface area (Å²) >= 11 is 0. The van der Waals surface area contributed by atoms with Crippen molar-refractivity contribution >= 4 is 24.2 Å². The topological polar surface area (TPSA) is 150 Å². The van der Waals surface area contributed by atoms with Crippen LogP contribution in [-0.4, -0.2) is 55.2 Å². The van der Waals surface area contributed by atoms with E-state index in [1.165, 1.54) is 12.1 Å². The van der Waals surface area contributed by atoms with Crippen LogP contribution >= 0.6 is 0 Å². The second kappa shape index (κ2) is 18.2. The molecule has 0 amide bonds. The van der Waals surface area contributed by atoms with Crippen molar-refractivity contribution in [2.45, 2.75) is 112 Å². The third kappa shape index (κ3) is 14.2. The minimum Gasteiger partial charge on any atom is -0.462 e. The van der Waals surface area contributed by atoms with Gasteiger partial charge >= 0.3 is 24.2 Å². The first-order valence-corrected chi connectivity index (χ1v) is 14.2. The van der Waals surface area contributed by atoms with E-state index in [2.05, 4.69) is 0 Å². The largest absolute Gasteiger partial charge is 0.514 e. The maximum atomic E-state index is 12.6. The number of rotatable bonds is 16. The fourth-order valence-electron chi connectivity index (χ4n) is 3.11. The van der Waals surface area contributed by atoms with Crippen molar-refractivity contribution in [3.8, 4) is 11.5 Å². The minimum atomic E-state index is -1.07. The van der Waals surface area contributed by atoms with Gasteiger partial charge in [0.25, 0.3) is 0 Å². The third-order valence-corrected chi connectivity index (χ3v) is 6.38. The zero-order valence-corrected chi connectivity index (χ0v) is 25.6. The van der Waals surface area contributed by atoms with Crippen LogP contribution in [0.2, 0.25) is 0 Å². The molecule has 0 aliphatic rings. The summed E-state index contributed by atoms with van der Waals surface area (Å²) in [5, 5.41) is 0.